The van der Waals surface area contributed by atoms with Gasteiger partial charge in [-0.2, -0.15) is 0 Å². The predicted molar refractivity (Wildman–Crippen MR) is 72.9 cm³/mol. The van der Waals surface area contributed by atoms with Crippen molar-refractivity contribution in [3.63, 3.8) is 0 Å². The second-order valence-electron chi connectivity index (χ2n) is 5.36. The molecule has 1 aliphatic rings. The van der Waals surface area contributed by atoms with Crippen molar-refractivity contribution in [3.8, 4) is 0 Å². The highest BCUT2D eigenvalue weighted by molar-refractivity contribution is 5.68. The van der Waals surface area contributed by atoms with Crippen LogP contribution < -0.4 is 5.32 Å². The van der Waals surface area contributed by atoms with Crippen LogP contribution >= 0.6 is 0 Å². The van der Waals surface area contributed by atoms with E-state index in [0.717, 1.165) is 18.8 Å². The smallest absolute Gasteiger partial charge is 0.410 e. The molecule has 0 saturated carbocycles. The van der Waals surface area contributed by atoms with Gasteiger partial charge in [-0.25, -0.2) is 4.79 Å². The zero-order chi connectivity index (χ0) is 13.7. The van der Waals surface area contributed by atoms with Gasteiger partial charge >= 0.3 is 6.09 Å². The first-order valence-corrected chi connectivity index (χ1v) is 6.65. The van der Waals surface area contributed by atoms with Crippen molar-refractivity contribution in [3.05, 3.63) is 30.1 Å². The average Bonchev–Trinajstić information content (AvgIpc) is 2.39. The number of pyridine rings is 1. The van der Waals surface area contributed by atoms with Gasteiger partial charge in [-0.3, -0.25) is 4.98 Å². The number of aromatic nitrogens is 1. The van der Waals surface area contributed by atoms with Crippen molar-refractivity contribution in [2.45, 2.75) is 25.9 Å². The summed E-state index contributed by atoms with van der Waals surface area (Å²) >= 11 is 0. The van der Waals surface area contributed by atoms with Crippen molar-refractivity contribution in [1.29, 1.82) is 0 Å². The molecule has 0 aromatic carbocycles. The molecule has 1 aromatic heterocycles. The van der Waals surface area contributed by atoms with Gasteiger partial charge in [0.25, 0.3) is 0 Å². The third-order valence-electron chi connectivity index (χ3n) is 3.07. The zero-order valence-corrected chi connectivity index (χ0v) is 11.6. The van der Waals surface area contributed by atoms with Gasteiger partial charge < -0.3 is 15.0 Å². The normalized spacial score (nSPS) is 16.2. The number of ether oxygens (including phenoxy) is 1. The number of amides is 1. The van der Waals surface area contributed by atoms with Crippen LogP contribution in [0.2, 0.25) is 0 Å². The van der Waals surface area contributed by atoms with Crippen LogP contribution in [-0.4, -0.2) is 47.8 Å². The molecule has 5 nitrogen and oxygen atoms in total. The number of rotatable bonds is 3. The molecule has 0 radical (unpaired) electrons. The molecule has 2 rings (SSSR count). The lowest BCUT2D eigenvalue weighted by Gasteiger charge is -2.32. The Morgan fingerprint density at radius 2 is 2.16 bits per heavy atom. The Labute approximate surface area is 114 Å². The molecule has 104 valence electrons. The summed E-state index contributed by atoms with van der Waals surface area (Å²) in [5.41, 5.74) is 0.386. The van der Waals surface area contributed by atoms with Crippen molar-refractivity contribution in [2.75, 3.05) is 26.2 Å². The molecular formula is C14H21N3O2. The number of nitrogens with one attached hydrogen (secondary N) is 1. The van der Waals surface area contributed by atoms with Crippen LogP contribution in [0.4, 0.5) is 4.79 Å². The van der Waals surface area contributed by atoms with E-state index in [2.05, 4.69) is 10.3 Å². The molecule has 0 aliphatic carbocycles. The Balaban J connectivity index is 1.90. The number of nitrogens with zero attached hydrogens (tertiary/aromatic N) is 2. The maximum absolute atomic E-state index is 12.1. The monoisotopic (exact) mass is 263 g/mol. The lowest BCUT2D eigenvalue weighted by atomic mass is 10.0. The first-order chi connectivity index (χ1) is 9.07. The number of piperazine rings is 1. The van der Waals surface area contributed by atoms with E-state index in [1.807, 2.05) is 32.0 Å². The molecule has 0 unspecified atom stereocenters. The minimum absolute atomic E-state index is 0.234. The third-order valence-corrected chi connectivity index (χ3v) is 3.07. The van der Waals surface area contributed by atoms with Gasteiger partial charge in [0.05, 0.1) is 0 Å². The van der Waals surface area contributed by atoms with Crippen LogP contribution in [0.25, 0.3) is 0 Å². The van der Waals surface area contributed by atoms with Gasteiger partial charge in [0.1, 0.15) is 5.60 Å². The molecule has 0 atom stereocenters. The largest absolute Gasteiger partial charge is 0.443 e. The highest BCUT2D eigenvalue weighted by Crippen LogP contribution is 2.17. The fourth-order valence-electron chi connectivity index (χ4n) is 2.12. The van der Waals surface area contributed by atoms with Crippen LogP contribution in [0.1, 0.15) is 19.5 Å². The Hall–Kier alpha value is -1.62. The van der Waals surface area contributed by atoms with Crippen molar-refractivity contribution in [2.24, 2.45) is 0 Å². The first kappa shape index (κ1) is 13.8. The van der Waals surface area contributed by atoms with Gasteiger partial charge in [-0.1, -0.05) is 6.07 Å². The van der Waals surface area contributed by atoms with E-state index in [9.17, 15) is 4.79 Å². The van der Waals surface area contributed by atoms with Crippen LogP contribution in [0.3, 0.4) is 0 Å². The maximum Gasteiger partial charge on any atom is 0.410 e. The molecule has 1 aliphatic heterocycles. The molecule has 1 saturated heterocycles. The predicted octanol–water partition coefficient (Wildman–Crippen LogP) is 1.44. The van der Waals surface area contributed by atoms with Crippen molar-refractivity contribution in [1.82, 2.24) is 15.2 Å². The highest BCUT2D eigenvalue weighted by Gasteiger charge is 2.27. The van der Waals surface area contributed by atoms with Crippen molar-refractivity contribution >= 4 is 6.09 Å². The van der Waals surface area contributed by atoms with Gasteiger partial charge in [-0.15, -0.1) is 0 Å². The van der Waals surface area contributed by atoms with E-state index >= 15 is 0 Å². The SMILES string of the molecule is CC(C)(Cc1ccccn1)OC(=O)N1CCNCC1. The first-order valence-electron chi connectivity index (χ1n) is 6.65. The third kappa shape index (κ3) is 4.21. The second-order valence-corrected chi connectivity index (χ2v) is 5.36. The summed E-state index contributed by atoms with van der Waals surface area (Å²) < 4.78 is 5.60. The summed E-state index contributed by atoms with van der Waals surface area (Å²) in [4.78, 5) is 18.1. The van der Waals surface area contributed by atoms with Crippen molar-refractivity contribution < 1.29 is 9.53 Å². The number of carbonyl (C=O) groups is 1. The molecule has 19 heavy (non-hydrogen) atoms. The van der Waals surface area contributed by atoms with Gasteiger partial charge in [-0.05, 0) is 26.0 Å². The summed E-state index contributed by atoms with van der Waals surface area (Å²) in [6.07, 6.45) is 2.14. The van der Waals surface area contributed by atoms with Gasteiger partial charge in [0.15, 0.2) is 0 Å². The summed E-state index contributed by atoms with van der Waals surface area (Å²) in [5.74, 6) is 0. The minimum atomic E-state index is -0.545. The van der Waals surface area contributed by atoms with Gasteiger partial charge in [0, 0.05) is 44.5 Å². The summed E-state index contributed by atoms with van der Waals surface area (Å²) in [5, 5.41) is 3.21. The van der Waals surface area contributed by atoms with Crippen LogP contribution in [0, 0.1) is 0 Å². The summed E-state index contributed by atoms with van der Waals surface area (Å²) in [7, 11) is 0. The second kappa shape index (κ2) is 6.02. The molecule has 2 heterocycles. The summed E-state index contributed by atoms with van der Waals surface area (Å²) in [6, 6.07) is 5.76. The van der Waals surface area contributed by atoms with E-state index in [1.54, 1.807) is 11.1 Å². The Kier molecular flexibility index (Phi) is 4.37. The molecule has 0 bridgehead atoms. The number of carbonyl (C=O) groups excluding carboxylic acids is 1. The Morgan fingerprint density at radius 1 is 1.42 bits per heavy atom. The van der Waals surface area contributed by atoms with Crippen LogP contribution in [0.5, 0.6) is 0 Å². The highest BCUT2D eigenvalue weighted by atomic mass is 16.6. The quantitative estimate of drug-likeness (QED) is 0.896. The standard InChI is InChI=1S/C14H21N3O2/c1-14(2,11-12-5-3-4-6-16-12)19-13(18)17-9-7-15-8-10-17/h3-6,15H,7-11H2,1-2H3. The lowest BCUT2D eigenvalue weighted by Crippen LogP contribution is -2.48. The fourth-order valence-corrected chi connectivity index (χ4v) is 2.12. The zero-order valence-electron chi connectivity index (χ0n) is 11.6. The minimum Gasteiger partial charge on any atom is -0.443 e. The number of hydrogen-bond acceptors (Lipinski definition) is 4. The molecule has 1 N–H and O–H groups in total. The Morgan fingerprint density at radius 3 is 2.79 bits per heavy atom. The van der Waals surface area contributed by atoms with Crippen LogP contribution in [-0.2, 0) is 11.2 Å². The molecular weight excluding hydrogens is 242 g/mol. The molecule has 1 amide bonds. The van der Waals surface area contributed by atoms with Crippen LogP contribution in [0.15, 0.2) is 24.4 Å². The van der Waals surface area contributed by atoms with E-state index in [1.165, 1.54) is 0 Å². The fraction of sp³-hybridized carbons (Fsp3) is 0.571. The van der Waals surface area contributed by atoms with E-state index < -0.39 is 5.60 Å². The van der Waals surface area contributed by atoms with Gasteiger partial charge in [0.2, 0.25) is 0 Å². The molecule has 1 fully saturated rings. The topological polar surface area (TPSA) is 54.5 Å². The molecule has 0 spiro atoms. The van der Waals surface area contributed by atoms with E-state index in [4.69, 9.17) is 4.74 Å². The molecule has 5 heteroatoms. The number of hydrogen-bond donors (Lipinski definition) is 1. The van der Waals surface area contributed by atoms with E-state index in [0.29, 0.717) is 19.5 Å². The summed E-state index contributed by atoms with van der Waals surface area (Å²) in [6.45, 7) is 6.91. The average molecular weight is 263 g/mol. The molecule has 1 aromatic rings. The Bertz CT molecular complexity index is 414. The maximum atomic E-state index is 12.1. The van der Waals surface area contributed by atoms with E-state index in [-0.39, 0.29) is 6.09 Å². The lowest BCUT2D eigenvalue weighted by molar-refractivity contribution is 0.0115.